The van der Waals surface area contributed by atoms with Gasteiger partial charge in [0.2, 0.25) is 0 Å². The Labute approximate surface area is 287 Å². The Morgan fingerprint density at radius 1 is 0.673 bits per heavy atom. The first kappa shape index (κ1) is 30.1. The standard InChI is InChI=1S/C43H38BNO4/c1-27-33(20-22-39-41(27)34-15-9-11-17-37(34)46-39)30-23-29(24-31(25-30)44-48-42(2,3)43(4,5)49-44)28-19-21-36-40(26-28)47-38-18-12-10-16-35(38)45(36)32-13-7-6-8-14-32/h6-26,35,38H,1-5H3. The van der Waals surface area contributed by atoms with Crippen molar-refractivity contribution in [1.82, 2.24) is 0 Å². The summed E-state index contributed by atoms with van der Waals surface area (Å²) in [5.41, 5.74) is 9.58. The fourth-order valence-corrected chi connectivity index (χ4v) is 7.50. The summed E-state index contributed by atoms with van der Waals surface area (Å²) in [4.78, 5) is 2.38. The van der Waals surface area contributed by atoms with Crippen LogP contribution in [0.4, 0.5) is 11.4 Å². The number of rotatable bonds is 4. The first-order chi connectivity index (χ1) is 23.7. The Morgan fingerprint density at radius 2 is 1.41 bits per heavy atom. The van der Waals surface area contributed by atoms with Crippen molar-refractivity contribution >= 4 is 45.9 Å². The van der Waals surface area contributed by atoms with E-state index in [0.717, 1.165) is 66.8 Å². The molecule has 2 unspecified atom stereocenters. The van der Waals surface area contributed by atoms with Gasteiger partial charge in [-0.2, -0.15) is 0 Å². The van der Waals surface area contributed by atoms with Crippen LogP contribution >= 0.6 is 0 Å². The van der Waals surface area contributed by atoms with Crippen LogP contribution in [0.15, 0.2) is 132 Å². The zero-order valence-corrected chi connectivity index (χ0v) is 28.4. The molecule has 0 bridgehead atoms. The van der Waals surface area contributed by atoms with Gasteiger partial charge in [-0.15, -0.1) is 0 Å². The van der Waals surface area contributed by atoms with Crippen LogP contribution in [0.2, 0.25) is 0 Å². The van der Waals surface area contributed by atoms with Gasteiger partial charge in [0, 0.05) is 16.5 Å². The summed E-state index contributed by atoms with van der Waals surface area (Å²) in [6.07, 6.45) is 8.44. The molecule has 3 aliphatic rings. The van der Waals surface area contributed by atoms with Crippen LogP contribution in [0.25, 0.3) is 44.2 Å². The molecule has 0 saturated carbocycles. The fourth-order valence-electron chi connectivity index (χ4n) is 7.50. The lowest BCUT2D eigenvalue weighted by atomic mass is 9.76. The zero-order chi connectivity index (χ0) is 33.5. The summed E-state index contributed by atoms with van der Waals surface area (Å²) < 4.78 is 26.2. The highest BCUT2D eigenvalue weighted by molar-refractivity contribution is 6.62. The molecule has 1 aromatic heterocycles. The van der Waals surface area contributed by atoms with Gasteiger partial charge in [0.15, 0.2) is 0 Å². The largest absolute Gasteiger partial charge is 0.494 e. The molecule has 0 amide bonds. The normalized spacial score (nSPS) is 20.4. The molecule has 5 nitrogen and oxygen atoms in total. The summed E-state index contributed by atoms with van der Waals surface area (Å²) in [6.45, 7) is 10.6. The molecule has 242 valence electrons. The van der Waals surface area contributed by atoms with E-state index in [4.69, 9.17) is 18.5 Å². The molecule has 49 heavy (non-hydrogen) atoms. The smallest absolute Gasteiger partial charge is 0.482 e. The highest BCUT2D eigenvalue weighted by atomic mass is 16.7. The average molecular weight is 644 g/mol. The molecule has 2 atom stereocenters. The van der Waals surface area contributed by atoms with E-state index in [2.05, 4.69) is 155 Å². The molecule has 5 aromatic carbocycles. The minimum absolute atomic E-state index is 0.0703. The highest BCUT2D eigenvalue weighted by Gasteiger charge is 2.52. The number of fused-ring (bicyclic) bond motifs is 5. The number of furan rings is 1. The van der Waals surface area contributed by atoms with Crippen molar-refractivity contribution in [2.24, 2.45) is 0 Å². The van der Waals surface area contributed by atoms with Crippen LogP contribution in [0.3, 0.4) is 0 Å². The van der Waals surface area contributed by atoms with Crippen LogP contribution < -0.4 is 15.1 Å². The Hall–Kier alpha value is -5.04. The highest BCUT2D eigenvalue weighted by Crippen LogP contribution is 2.45. The second kappa shape index (κ2) is 11.0. The van der Waals surface area contributed by atoms with Crippen molar-refractivity contribution in [2.45, 2.75) is 58.0 Å². The number of nitrogens with zero attached hydrogens (tertiary/aromatic N) is 1. The lowest BCUT2D eigenvalue weighted by Crippen LogP contribution is -2.46. The van der Waals surface area contributed by atoms with Gasteiger partial charge < -0.3 is 23.4 Å². The number of anilines is 2. The monoisotopic (exact) mass is 643 g/mol. The second-order valence-corrected chi connectivity index (χ2v) is 14.4. The zero-order valence-electron chi connectivity index (χ0n) is 28.4. The quantitative estimate of drug-likeness (QED) is 0.179. The summed E-state index contributed by atoms with van der Waals surface area (Å²) in [7, 11) is -0.509. The summed E-state index contributed by atoms with van der Waals surface area (Å²) in [5.74, 6) is 0.854. The lowest BCUT2D eigenvalue weighted by molar-refractivity contribution is 0.00578. The van der Waals surface area contributed by atoms with E-state index in [0.29, 0.717) is 0 Å². The number of benzene rings is 5. The Morgan fingerprint density at radius 3 is 2.22 bits per heavy atom. The topological polar surface area (TPSA) is 44.1 Å². The second-order valence-electron chi connectivity index (χ2n) is 14.4. The van der Waals surface area contributed by atoms with Gasteiger partial charge in [0.05, 0.1) is 22.9 Å². The third-order valence-electron chi connectivity index (χ3n) is 10.8. The maximum Gasteiger partial charge on any atom is 0.494 e. The molecule has 1 fully saturated rings. The summed E-state index contributed by atoms with van der Waals surface area (Å²) in [6, 6.07) is 36.4. The molecule has 3 heterocycles. The van der Waals surface area contributed by atoms with Crippen LogP contribution in [-0.2, 0) is 9.31 Å². The SMILES string of the molecule is Cc1c(-c2cc(B3OC(C)(C)C(C)(C)O3)cc(-c3ccc4c(c3)OC3C=CC=CC3N4c3ccccc3)c2)ccc2oc3ccccc3c12. The Kier molecular flexibility index (Phi) is 6.74. The number of aryl methyl sites for hydroxylation is 1. The molecule has 0 radical (unpaired) electrons. The van der Waals surface area contributed by atoms with E-state index in [9.17, 15) is 0 Å². The molecular formula is C43H38BNO4. The predicted molar refractivity (Wildman–Crippen MR) is 200 cm³/mol. The summed E-state index contributed by atoms with van der Waals surface area (Å²) in [5, 5.41) is 2.27. The Bertz CT molecular complexity index is 2300. The number of ether oxygens (including phenoxy) is 1. The van der Waals surface area contributed by atoms with E-state index in [1.54, 1.807) is 0 Å². The maximum absolute atomic E-state index is 6.71. The number of allylic oxidation sites excluding steroid dienone is 2. The Balaban J connectivity index is 1.20. The van der Waals surface area contributed by atoms with Gasteiger partial charge in [-0.3, -0.25) is 0 Å². The lowest BCUT2D eigenvalue weighted by Gasteiger charge is -2.42. The van der Waals surface area contributed by atoms with Gasteiger partial charge >= 0.3 is 7.12 Å². The van der Waals surface area contributed by atoms with Crippen molar-refractivity contribution in [3.8, 4) is 28.0 Å². The minimum atomic E-state index is -0.509. The van der Waals surface area contributed by atoms with Crippen molar-refractivity contribution in [3.05, 3.63) is 133 Å². The van der Waals surface area contributed by atoms with Gasteiger partial charge in [-0.1, -0.05) is 78.9 Å². The number of hydrogen-bond donors (Lipinski definition) is 0. The van der Waals surface area contributed by atoms with E-state index < -0.39 is 18.3 Å². The van der Waals surface area contributed by atoms with Gasteiger partial charge in [0.1, 0.15) is 23.0 Å². The first-order valence-corrected chi connectivity index (χ1v) is 17.1. The van der Waals surface area contributed by atoms with Gasteiger partial charge in [-0.05, 0) is 116 Å². The van der Waals surface area contributed by atoms with E-state index in [-0.39, 0.29) is 12.1 Å². The molecule has 6 heteroatoms. The van der Waals surface area contributed by atoms with Crippen molar-refractivity contribution in [1.29, 1.82) is 0 Å². The fraction of sp³-hybridized carbons (Fsp3) is 0.209. The van der Waals surface area contributed by atoms with Crippen LogP contribution in [-0.4, -0.2) is 30.5 Å². The van der Waals surface area contributed by atoms with Crippen LogP contribution in [0.1, 0.15) is 33.3 Å². The first-order valence-electron chi connectivity index (χ1n) is 17.1. The molecule has 6 aromatic rings. The summed E-state index contributed by atoms with van der Waals surface area (Å²) >= 11 is 0. The third kappa shape index (κ3) is 4.85. The number of para-hydroxylation sites is 2. The van der Waals surface area contributed by atoms with E-state index in [1.807, 2.05) is 12.1 Å². The van der Waals surface area contributed by atoms with Crippen molar-refractivity contribution < 1.29 is 18.5 Å². The van der Waals surface area contributed by atoms with Crippen LogP contribution in [0.5, 0.6) is 5.75 Å². The van der Waals surface area contributed by atoms with E-state index in [1.165, 1.54) is 5.56 Å². The molecule has 9 rings (SSSR count). The number of hydrogen-bond acceptors (Lipinski definition) is 5. The minimum Gasteiger partial charge on any atom is -0.482 e. The molecular weight excluding hydrogens is 605 g/mol. The molecule has 0 N–H and O–H groups in total. The van der Waals surface area contributed by atoms with E-state index >= 15 is 0 Å². The molecule has 1 saturated heterocycles. The third-order valence-corrected chi connectivity index (χ3v) is 10.8. The molecule has 2 aliphatic heterocycles. The van der Waals surface area contributed by atoms with Crippen LogP contribution in [0, 0.1) is 6.92 Å². The average Bonchev–Trinajstić information content (AvgIpc) is 3.60. The van der Waals surface area contributed by atoms with Crippen molar-refractivity contribution in [2.75, 3.05) is 4.90 Å². The predicted octanol–water partition coefficient (Wildman–Crippen LogP) is 9.92. The van der Waals surface area contributed by atoms with Gasteiger partial charge in [0.25, 0.3) is 0 Å². The molecule has 1 aliphatic carbocycles. The molecule has 0 spiro atoms. The van der Waals surface area contributed by atoms with Crippen molar-refractivity contribution in [3.63, 3.8) is 0 Å². The van der Waals surface area contributed by atoms with Gasteiger partial charge in [-0.25, -0.2) is 0 Å². The maximum atomic E-state index is 6.71.